The monoisotopic (exact) mass is 317 g/mol. The van der Waals surface area contributed by atoms with Gasteiger partial charge in [-0.2, -0.15) is 10.2 Å². The van der Waals surface area contributed by atoms with Crippen molar-refractivity contribution in [3.05, 3.63) is 41.5 Å². The second-order valence-corrected chi connectivity index (χ2v) is 6.39. The molecule has 1 aromatic carbocycles. The standard InChI is InChI=1S/C16H19N3O2S/c1-11(2)9-20-12(3)16-18-15(21-19-16)10-22-14-6-4-5-13(7-14)8-17/h4-7,11-12H,9-10H2,1-3H3. The van der Waals surface area contributed by atoms with E-state index in [4.69, 9.17) is 14.5 Å². The number of nitriles is 1. The van der Waals surface area contributed by atoms with Gasteiger partial charge in [-0.15, -0.1) is 11.8 Å². The molecule has 0 spiro atoms. The van der Waals surface area contributed by atoms with Gasteiger partial charge in [0.15, 0.2) is 5.82 Å². The Balaban J connectivity index is 1.90. The summed E-state index contributed by atoms with van der Waals surface area (Å²) in [4.78, 5) is 5.36. The first-order valence-corrected chi connectivity index (χ1v) is 8.14. The van der Waals surface area contributed by atoms with Gasteiger partial charge in [-0.05, 0) is 31.0 Å². The van der Waals surface area contributed by atoms with Crippen molar-refractivity contribution in [3.8, 4) is 6.07 Å². The zero-order chi connectivity index (χ0) is 15.9. The molecule has 2 rings (SSSR count). The van der Waals surface area contributed by atoms with Gasteiger partial charge in [0.2, 0.25) is 5.89 Å². The van der Waals surface area contributed by atoms with Gasteiger partial charge in [-0.25, -0.2) is 0 Å². The van der Waals surface area contributed by atoms with Crippen LogP contribution in [-0.4, -0.2) is 16.7 Å². The minimum absolute atomic E-state index is 0.174. The van der Waals surface area contributed by atoms with Crippen molar-refractivity contribution in [2.45, 2.75) is 37.5 Å². The molecule has 1 atom stereocenters. The number of nitrogens with zero attached hydrogens (tertiary/aromatic N) is 3. The summed E-state index contributed by atoms with van der Waals surface area (Å²) in [6, 6.07) is 9.57. The molecule has 0 saturated carbocycles. The van der Waals surface area contributed by atoms with Crippen LogP contribution in [0.25, 0.3) is 0 Å². The second kappa shape index (κ2) is 7.97. The number of benzene rings is 1. The Bertz CT molecular complexity index is 649. The fourth-order valence-electron chi connectivity index (χ4n) is 1.70. The van der Waals surface area contributed by atoms with Crippen LogP contribution in [0.4, 0.5) is 0 Å². The van der Waals surface area contributed by atoms with E-state index in [9.17, 15) is 0 Å². The van der Waals surface area contributed by atoms with Crippen molar-refractivity contribution < 1.29 is 9.26 Å². The van der Waals surface area contributed by atoms with Crippen molar-refractivity contribution in [1.29, 1.82) is 5.26 Å². The summed E-state index contributed by atoms with van der Waals surface area (Å²) in [5.74, 6) is 2.17. The van der Waals surface area contributed by atoms with E-state index in [-0.39, 0.29) is 6.10 Å². The summed E-state index contributed by atoms with van der Waals surface area (Å²) in [6.07, 6.45) is -0.174. The normalized spacial score (nSPS) is 12.3. The molecule has 0 saturated heterocycles. The Labute approximate surface area is 134 Å². The van der Waals surface area contributed by atoms with Crippen molar-refractivity contribution in [2.24, 2.45) is 5.92 Å². The van der Waals surface area contributed by atoms with Crippen LogP contribution >= 0.6 is 11.8 Å². The zero-order valence-corrected chi connectivity index (χ0v) is 13.8. The van der Waals surface area contributed by atoms with Gasteiger partial charge < -0.3 is 9.26 Å². The van der Waals surface area contributed by atoms with Gasteiger partial charge in [0, 0.05) is 11.5 Å². The topological polar surface area (TPSA) is 71.9 Å². The average molecular weight is 317 g/mol. The molecule has 6 heteroatoms. The van der Waals surface area contributed by atoms with Gasteiger partial charge in [-0.1, -0.05) is 25.1 Å². The number of rotatable bonds is 7. The summed E-state index contributed by atoms with van der Waals surface area (Å²) < 4.78 is 10.9. The maximum atomic E-state index is 8.89. The van der Waals surface area contributed by atoms with Crippen molar-refractivity contribution in [3.63, 3.8) is 0 Å². The molecule has 0 bridgehead atoms. The summed E-state index contributed by atoms with van der Waals surface area (Å²) in [5.41, 5.74) is 0.645. The SMILES string of the molecule is CC(C)COC(C)c1noc(CSc2cccc(C#N)c2)n1. The molecule has 22 heavy (non-hydrogen) atoms. The van der Waals surface area contributed by atoms with E-state index in [0.29, 0.717) is 35.6 Å². The van der Waals surface area contributed by atoms with Crippen LogP contribution in [0.2, 0.25) is 0 Å². The lowest BCUT2D eigenvalue weighted by atomic mass is 10.2. The van der Waals surface area contributed by atoms with Crippen molar-refractivity contribution >= 4 is 11.8 Å². The molecule has 5 nitrogen and oxygen atoms in total. The molecule has 0 radical (unpaired) electrons. The Morgan fingerprint density at radius 3 is 2.91 bits per heavy atom. The van der Waals surface area contributed by atoms with E-state index in [1.54, 1.807) is 17.8 Å². The number of aromatic nitrogens is 2. The van der Waals surface area contributed by atoms with E-state index in [0.717, 1.165) is 4.90 Å². The zero-order valence-electron chi connectivity index (χ0n) is 12.9. The van der Waals surface area contributed by atoms with Crippen LogP contribution < -0.4 is 0 Å². The van der Waals surface area contributed by atoms with Crippen LogP contribution in [-0.2, 0) is 10.5 Å². The lowest BCUT2D eigenvalue weighted by Crippen LogP contribution is -2.07. The highest BCUT2D eigenvalue weighted by molar-refractivity contribution is 7.98. The molecule has 0 N–H and O–H groups in total. The molecular formula is C16H19N3O2S. The summed E-state index contributed by atoms with van der Waals surface area (Å²) >= 11 is 1.56. The van der Waals surface area contributed by atoms with Crippen molar-refractivity contribution in [2.75, 3.05) is 6.61 Å². The van der Waals surface area contributed by atoms with Gasteiger partial charge in [0.25, 0.3) is 0 Å². The van der Waals surface area contributed by atoms with Gasteiger partial charge >= 0.3 is 0 Å². The second-order valence-electron chi connectivity index (χ2n) is 5.34. The lowest BCUT2D eigenvalue weighted by Gasteiger charge is -2.10. The van der Waals surface area contributed by atoms with Crippen LogP contribution in [0.15, 0.2) is 33.7 Å². The Morgan fingerprint density at radius 1 is 1.36 bits per heavy atom. The Morgan fingerprint density at radius 2 is 2.18 bits per heavy atom. The molecule has 0 aliphatic carbocycles. The molecule has 2 aromatic rings. The smallest absolute Gasteiger partial charge is 0.237 e. The molecule has 0 aliphatic heterocycles. The highest BCUT2D eigenvalue weighted by atomic mass is 32.2. The van der Waals surface area contributed by atoms with Gasteiger partial charge in [0.1, 0.15) is 6.10 Å². The predicted octanol–water partition coefficient (Wildman–Crippen LogP) is 3.97. The maximum absolute atomic E-state index is 8.89. The van der Waals surface area contributed by atoms with Gasteiger partial charge in [0.05, 0.1) is 17.4 Å². The number of thioether (sulfide) groups is 1. The third kappa shape index (κ3) is 4.86. The average Bonchev–Trinajstić information content (AvgIpc) is 3.00. The predicted molar refractivity (Wildman–Crippen MR) is 84.2 cm³/mol. The van der Waals surface area contributed by atoms with Crippen LogP contribution in [0.5, 0.6) is 0 Å². The van der Waals surface area contributed by atoms with Crippen molar-refractivity contribution in [1.82, 2.24) is 10.1 Å². The molecule has 1 heterocycles. The molecule has 0 aliphatic rings. The van der Waals surface area contributed by atoms with E-state index >= 15 is 0 Å². The van der Waals surface area contributed by atoms with Gasteiger partial charge in [-0.3, -0.25) is 0 Å². The minimum Gasteiger partial charge on any atom is -0.370 e. The minimum atomic E-state index is -0.174. The fourth-order valence-corrected chi connectivity index (χ4v) is 2.50. The Hall–Kier alpha value is -1.84. The third-order valence-corrected chi connectivity index (χ3v) is 3.83. The third-order valence-electron chi connectivity index (χ3n) is 2.85. The molecule has 116 valence electrons. The largest absolute Gasteiger partial charge is 0.370 e. The molecule has 0 fully saturated rings. The summed E-state index contributed by atoms with van der Waals surface area (Å²) in [6.45, 7) is 6.78. The molecule has 0 amide bonds. The molecule has 1 unspecified atom stereocenters. The van der Waals surface area contributed by atoms with E-state index < -0.39 is 0 Å². The summed E-state index contributed by atoms with van der Waals surface area (Å²) in [5, 5.41) is 12.9. The van der Waals surface area contributed by atoms with E-state index in [1.807, 2.05) is 25.1 Å². The molecule has 1 aromatic heterocycles. The summed E-state index contributed by atoms with van der Waals surface area (Å²) in [7, 11) is 0. The highest BCUT2D eigenvalue weighted by Crippen LogP contribution is 2.23. The van der Waals surface area contributed by atoms with Crippen LogP contribution in [0, 0.1) is 17.2 Å². The number of ether oxygens (including phenoxy) is 1. The Kier molecular flexibility index (Phi) is 5.99. The quantitative estimate of drug-likeness (QED) is 0.720. The van der Waals surface area contributed by atoms with E-state index in [2.05, 4.69) is 30.1 Å². The highest BCUT2D eigenvalue weighted by Gasteiger charge is 2.15. The van der Waals surface area contributed by atoms with Crippen LogP contribution in [0.1, 0.15) is 44.2 Å². The first kappa shape index (κ1) is 16.5. The first-order valence-electron chi connectivity index (χ1n) is 7.15. The van der Waals surface area contributed by atoms with Crippen LogP contribution in [0.3, 0.4) is 0 Å². The first-order chi connectivity index (χ1) is 10.6. The molecular weight excluding hydrogens is 298 g/mol. The fraction of sp³-hybridized carbons (Fsp3) is 0.438. The number of hydrogen-bond donors (Lipinski definition) is 0. The van der Waals surface area contributed by atoms with E-state index in [1.165, 1.54) is 0 Å². The maximum Gasteiger partial charge on any atom is 0.237 e. The number of hydrogen-bond acceptors (Lipinski definition) is 6. The lowest BCUT2D eigenvalue weighted by molar-refractivity contribution is 0.0402.